The molecule has 1 amide bonds. The highest BCUT2D eigenvalue weighted by molar-refractivity contribution is 7.22. The molecule has 0 aliphatic heterocycles. The number of amides is 1. The van der Waals surface area contributed by atoms with Crippen molar-refractivity contribution in [1.82, 2.24) is 9.97 Å². The van der Waals surface area contributed by atoms with Crippen molar-refractivity contribution in [3.63, 3.8) is 0 Å². The Balaban J connectivity index is 1.77. The van der Waals surface area contributed by atoms with E-state index < -0.39 is 0 Å². The van der Waals surface area contributed by atoms with Gasteiger partial charge in [0.1, 0.15) is 5.75 Å². The number of nitrogens with zero attached hydrogens (tertiary/aromatic N) is 3. The molecular formula is C22H18ClN3O2S. The molecule has 146 valence electrons. The third kappa shape index (κ3) is 4.09. The number of rotatable bonds is 5. The van der Waals surface area contributed by atoms with Crippen molar-refractivity contribution in [2.45, 2.75) is 13.5 Å². The van der Waals surface area contributed by atoms with E-state index in [0.717, 1.165) is 21.3 Å². The first kappa shape index (κ1) is 19.4. The summed E-state index contributed by atoms with van der Waals surface area (Å²) >= 11 is 7.66. The Bertz CT molecular complexity index is 1160. The molecule has 0 bridgehead atoms. The molecule has 0 atom stereocenters. The van der Waals surface area contributed by atoms with Crippen LogP contribution in [0, 0.1) is 6.92 Å². The first-order chi connectivity index (χ1) is 14.0. The lowest BCUT2D eigenvalue weighted by Gasteiger charge is -2.20. The van der Waals surface area contributed by atoms with Gasteiger partial charge in [-0.05, 0) is 66.6 Å². The van der Waals surface area contributed by atoms with Crippen molar-refractivity contribution in [3.8, 4) is 5.75 Å². The van der Waals surface area contributed by atoms with E-state index in [9.17, 15) is 4.79 Å². The van der Waals surface area contributed by atoms with Crippen LogP contribution in [-0.2, 0) is 6.54 Å². The number of methoxy groups -OCH3 is 1. The van der Waals surface area contributed by atoms with Crippen LogP contribution in [0.2, 0.25) is 5.02 Å². The molecule has 0 aliphatic rings. The smallest absolute Gasteiger partial charge is 0.260 e. The van der Waals surface area contributed by atoms with Crippen LogP contribution in [0.3, 0.4) is 0 Å². The fourth-order valence-electron chi connectivity index (χ4n) is 3.04. The number of hydrogen-bond acceptors (Lipinski definition) is 5. The fourth-order valence-corrected chi connectivity index (χ4v) is 4.46. The summed E-state index contributed by atoms with van der Waals surface area (Å²) in [6.45, 7) is 2.36. The monoisotopic (exact) mass is 423 g/mol. The van der Waals surface area contributed by atoms with Gasteiger partial charge < -0.3 is 4.74 Å². The third-order valence-corrected chi connectivity index (χ3v) is 5.79. The van der Waals surface area contributed by atoms with E-state index in [1.54, 1.807) is 48.7 Å². The maximum Gasteiger partial charge on any atom is 0.260 e. The van der Waals surface area contributed by atoms with Gasteiger partial charge in [-0.25, -0.2) is 4.98 Å². The minimum Gasteiger partial charge on any atom is -0.497 e. The molecule has 2 aromatic carbocycles. The molecule has 0 unspecified atom stereocenters. The Kier molecular flexibility index (Phi) is 5.47. The topological polar surface area (TPSA) is 55.3 Å². The van der Waals surface area contributed by atoms with Crippen molar-refractivity contribution in [1.29, 1.82) is 0 Å². The number of aryl methyl sites for hydroxylation is 1. The molecule has 0 saturated heterocycles. The van der Waals surface area contributed by atoms with Crippen LogP contribution in [-0.4, -0.2) is 23.0 Å². The first-order valence-electron chi connectivity index (χ1n) is 8.96. The number of aromatic nitrogens is 2. The summed E-state index contributed by atoms with van der Waals surface area (Å²) < 4.78 is 6.15. The number of halogens is 1. The minimum atomic E-state index is -0.132. The fraction of sp³-hybridized carbons (Fsp3) is 0.136. The Morgan fingerprint density at radius 3 is 2.55 bits per heavy atom. The molecule has 29 heavy (non-hydrogen) atoms. The number of ether oxygens (including phenoxy) is 1. The zero-order valence-electron chi connectivity index (χ0n) is 15.9. The van der Waals surface area contributed by atoms with E-state index in [0.29, 0.717) is 28.0 Å². The molecule has 5 nitrogen and oxygen atoms in total. The summed E-state index contributed by atoms with van der Waals surface area (Å²) in [4.78, 5) is 23.9. The summed E-state index contributed by atoms with van der Waals surface area (Å²) in [6.07, 6.45) is 3.43. The highest BCUT2D eigenvalue weighted by Crippen LogP contribution is 2.34. The van der Waals surface area contributed by atoms with Crippen molar-refractivity contribution in [2.24, 2.45) is 0 Å². The normalized spacial score (nSPS) is 10.9. The molecule has 0 saturated carbocycles. The van der Waals surface area contributed by atoms with Crippen LogP contribution in [0.1, 0.15) is 21.5 Å². The number of fused-ring (bicyclic) bond motifs is 1. The van der Waals surface area contributed by atoms with E-state index in [1.807, 2.05) is 31.2 Å². The third-order valence-electron chi connectivity index (χ3n) is 4.54. The van der Waals surface area contributed by atoms with Gasteiger partial charge in [-0.3, -0.25) is 14.7 Å². The van der Waals surface area contributed by atoms with E-state index in [-0.39, 0.29) is 5.91 Å². The zero-order chi connectivity index (χ0) is 20.4. The zero-order valence-corrected chi connectivity index (χ0v) is 17.5. The molecule has 4 aromatic rings. The maximum absolute atomic E-state index is 13.4. The molecule has 2 heterocycles. The van der Waals surface area contributed by atoms with Crippen LogP contribution in [0.5, 0.6) is 5.75 Å². The Labute approximate surface area is 177 Å². The van der Waals surface area contributed by atoms with Gasteiger partial charge in [0.2, 0.25) is 0 Å². The number of carbonyl (C=O) groups excluding carboxylic acids is 1. The van der Waals surface area contributed by atoms with Gasteiger partial charge in [-0.15, -0.1) is 0 Å². The number of benzene rings is 2. The predicted octanol–water partition coefficient (Wildman–Crippen LogP) is 5.51. The summed E-state index contributed by atoms with van der Waals surface area (Å²) in [5, 5.41) is 1.29. The van der Waals surface area contributed by atoms with Gasteiger partial charge in [0.05, 0.1) is 23.9 Å². The lowest BCUT2D eigenvalue weighted by atomic mass is 10.1. The number of anilines is 1. The highest BCUT2D eigenvalue weighted by Gasteiger charge is 2.22. The van der Waals surface area contributed by atoms with E-state index in [2.05, 4.69) is 4.98 Å². The van der Waals surface area contributed by atoms with E-state index >= 15 is 0 Å². The summed E-state index contributed by atoms with van der Waals surface area (Å²) in [5.74, 6) is 0.569. The SMILES string of the molecule is COc1ccc(C(=O)N(Cc2ccncc2)c2nc3c(C)cc(Cl)cc3s2)cc1. The molecule has 2 aromatic heterocycles. The molecule has 4 rings (SSSR count). The largest absolute Gasteiger partial charge is 0.497 e. The van der Waals surface area contributed by atoms with E-state index in [4.69, 9.17) is 21.3 Å². The van der Waals surface area contributed by atoms with Crippen molar-refractivity contribution in [3.05, 3.63) is 82.6 Å². The van der Waals surface area contributed by atoms with Gasteiger partial charge in [0.25, 0.3) is 5.91 Å². The minimum absolute atomic E-state index is 0.132. The predicted molar refractivity (Wildman–Crippen MR) is 117 cm³/mol. The Hall–Kier alpha value is -2.96. The van der Waals surface area contributed by atoms with Crippen LogP contribution < -0.4 is 9.64 Å². The second-order valence-corrected chi connectivity index (χ2v) is 7.99. The molecule has 0 N–H and O–H groups in total. The van der Waals surface area contributed by atoms with Gasteiger partial charge in [0, 0.05) is 23.0 Å². The second kappa shape index (κ2) is 8.19. The molecule has 0 fully saturated rings. The molecule has 0 radical (unpaired) electrons. The van der Waals surface area contributed by atoms with Gasteiger partial charge in [-0.2, -0.15) is 0 Å². The summed E-state index contributed by atoms with van der Waals surface area (Å²) in [6, 6.07) is 14.6. The summed E-state index contributed by atoms with van der Waals surface area (Å²) in [5.41, 5.74) is 3.37. The maximum atomic E-state index is 13.4. The number of pyridine rings is 1. The van der Waals surface area contributed by atoms with Gasteiger partial charge in [-0.1, -0.05) is 22.9 Å². The Morgan fingerprint density at radius 2 is 1.86 bits per heavy atom. The lowest BCUT2D eigenvalue weighted by Crippen LogP contribution is -2.30. The number of thiazole rings is 1. The van der Waals surface area contributed by atoms with Crippen molar-refractivity contribution >= 4 is 44.2 Å². The van der Waals surface area contributed by atoms with E-state index in [1.165, 1.54) is 11.3 Å². The average Bonchev–Trinajstić information content (AvgIpc) is 3.16. The van der Waals surface area contributed by atoms with Gasteiger partial charge >= 0.3 is 0 Å². The number of carbonyl (C=O) groups is 1. The van der Waals surface area contributed by atoms with Crippen LogP contribution in [0.25, 0.3) is 10.2 Å². The lowest BCUT2D eigenvalue weighted by molar-refractivity contribution is 0.0985. The molecular weight excluding hydrogens is 406 g/mol. The van der Waals surface area contributed by atoms with Crippen LogP contribution in [0.4, 0.5) is 5.13 Å². The Morgan fingerprint density at radius 1 is 1.14 bits per heavy atom. The van der Waals surface area contributed by atoms with Gasteiger partial charge in [0.15, 0.2) is 5.13 Å². The van der Waals surface area contributed by atoms with Crippen LogP contribution in [0.15, 0.2) is 60.9 Å². The quantitative estimate of drug-likeness (QED) is 0.424. The molecule has 0 aliphatic carbocycles. The average molecular weight is 424 g/mol. The van der Waals surface area contributed by atoms with Crippen LogP contribution >= 0.6 is 22.9 Å². The van der Waals surface area contributed by atoms with Crippen molar-refractivity contribution in [2.75, 3.05) is 12.0 Å². The second-order valence-electron chi connectivity index (χ2n) is 6.54. The summed E-state index contributed by atoms with van der Waals surface area (Å²) in [7, 11) is 1.60. The molecule has 7 heteroatoms. The molecule has 0 spiro atoms. The standard InChI is InChI=1S/C22H18ClN3O2S/c1-14-11-17(23)12-19-20(14)25-22(29-19)26(13-15-7-9-24-10-8-15)21(27)16-3-5-18(28-2)6-4-16/h3-12H,13H2,1-2H3. The first-order valence-corrected chi connectivity index (χ1v) is 10.2. The highest BCUT2D eigenvalue weighted by atomic mass is 35.5. The van der Waals surface area contributed by atoms with Crippen molar-refractivity contribution < 1.29 is 9.53 Å². The number of hydrogen-bond donors (Lipinski definition) is 0.